The van der Waals surface area contributed by atoms with Crippen molar-refractivity contribution in [1.29, 1.82) is 0 Å². The molecule has 0 fully saturated rings. The lowest BCUT2D eigenvalue weighted by atomic mass is 10.1. The van der Waals surface area contributed by atoms with Crippen molar-refractivity contribution < 1.29 is 9.53 Å². The number of aryl methyl sites for hydroxylation is 2. The van der Waals surface area contributed by atoms with E-state index in [0.29, 0.717) is 11.3 Å². The lowest BCUT2D eigenvalue weighted by molar-refractivity contribution is 0.0471. The fourth-order valence-corrected chi connectivity index (χ4v) is 3.04. The van der Waals surface area contributed by atoms with Crippen LogP contribution in [0.4, 0.5) is 5.69 Å². The minimum Gasteiger partial charge on any atom is -0.455 e. The number of nitrogens with two attached hydrogens (primary N) is 1. The van der Waals surface area contributed by atoms with Gasteiger partial charge in [0.1, 0.15) is 11.6 Å². The Labute approximate surface area is 130 Å². The highest BCUT2D eigenvalue weighted by atomic mass is 79.9. The molecule has 0 saturated carbocycles. The molecule has 0 atom stereocenters. The number of carbonyl (C=O) groups is 1. The molecule has 0 aliphatic carbocycles. The quantitative estimate of drug-likeness (QED) is 0.672. The van der Waals surface area contributed by atoms with Crippen molar-refractivity contribution in [3.63, 3.8) is 0 Å². The first-order valence-corrected chi connectivity index (χ1v) is 7.65. The van der Waals surface area contributed by atoms with Crippen LogP contribution < -0.4 is 5.73 Å². The molecule has 0 unspecified atom stereocenters. The van der Waals surface area contributed by atoms with E-state index in [-0.39, 0.29) is 12.6 Å². The van der Waals surface area contributed by atoms with Crippen molar-refractivity contribution in [3.8, 4) is 0 Å². The molecule has 0 amide bonds. The summed E-state index contributed by atoms with van der Waals surface area (Å²) >= 11 is 4.87. The van der Waals surface area contributed by atoms with Gasteiger partial charge >= 0.3 is 5.97 Å². The Morgan fingerprint density at radius 2 is 2.10 bits per heavy atom. The molecule has 0 saturated heterocycles. The molecule has 0 aliphatic heterocycles. The van der Waals surface area contributed by atoms with Crippen molar-refractivity contribution in [2.75, 3.05) is 5.73 Å². The van der Waals surface area contributed by atoms with Gasteiger partial charge in [-0.05, 0) is 38.5 Å². The summed E-state index contributed by atoms with van der Waals surface area (Å²) in [5, 5.41) is 0.800. The fourth-order valence-electron chi connectivity index (χ4n) is 1.72. The van der Waals surface area contributed by atoms with Crippen LogP contribution in [-0.4, -0.2) is 11.0 Å². The molecule has 1 heterocycles. The highest BCUT2D eigenvalue weighted by Gasteiger charge is 2.15. The Balaban J connectivity index is 2.13. The minimum absolute atomic E-state index is 0.185. The molecule has 106 valence electrons. The Kier molecular flexibility index (Phi) is 4.45. The first-order valence-electron chi connectivity index (χ1n) is 6.04. The third kappa shape index (κ3) is 3.19. The molecule has 1 aromatic carbocycles. The van der Waals surface area contributed by atoms with E-state index in [1.807, 2.05) is 13.8 Å². The largest absolute Gasteiger partial charge is 0.455 e. The van der Waals surface area contributed by atoms with E-state index in [0.717, 1.165) is 25.6 Å². The first kappa shape index (κ1) is 15.0. The third-order valence-corrected chi connectivity index (χ3v) is 4.54. The smallest absolute Gasteiger partial charge is 0.338 e. The summed E-state index contributed by atoms with van der Waals surface area (Å²) in [6.07, 6.45) is 0. The van der Waals surface area contributed by atoms with Crippen molar-refractivity contribution in [2.24, 2.45) is 0 Å². The Hall–Kier alpha value is -1.40. The standard InChI is InChI=1S/C14H15BrN2O2S/c1-7-11(4-10(15)5-12(7)16)14(18)19-6-13-17-8(2)9(3)20-13/h4-5H,6,16H2,1-3H3. The first-order chi connectivity index (χ1) is 9.38. The number of halogens is 1. The number of hydrogen-bond acceptors (Lipinski definition) is 5. The van der Waals surface area contributed by atoms with E-state index in [1.54, 1.807) is 19.1 Å². The van der Waals surface area contributed by atoms with Crippen molar-refractivity contribution in [3.05, 3.63) is 43.3 Å². The van der Waals surface area contributed by atoms with Crippen LogP contribution in [0.25, 0.3) is 0 Å². The summed E-state index contributed by atoms with van der Waals surface area (Å²) in [6, 6.07) is 3.48. The summed E-state index contributed by atoms with van der Waals surface area (Å²) in [4.78, 5) is 17.6. The minimum atomic E-state index is -0.388. The topological polar surface area (TPSA) is 65.2 Å². The van der Waals surface area contributed by atoms with Gasteiger partial charge in [-0.15, -0.1) is 11.3 Å². The number of carbonyl (C=O) groups excluding carboxylic acids is 1. The second-order valence-electron chi connectivity index (χ2n) is 4.49. The number of aromatic nitrogens is 1. The fraction of sp³-hybridized carbons (Fsp3) is 0.286. The Morgan fingerprint density at radius 3 is 2.70 bits per heavy atom. The summed E-state index contributed by atoms with van der Waals surface area (Å²) in [7, 11) is 0. The zero-order valence-electron chi connectivity index (χ0n) is 11.5. The van der Waals surface area contributed by atoms with Gasteiger partial charge in [0, 0.05) is 15.0 Å². The van der Waals surface area contributed by atoms with Crippen LogP contribution in [0.3, 0.4) is 0 Å². The van der Waals surface area contributed by atoms with Crippen molar-refractivity contribution in [1.82, 2.24) is 4.98 Å². The summed E-state index contributed by atoms with van der Waals surface area (Å²) < 4.78 is 6.06. The lowest BCUT2D eigenvalue weighted by Crippen LogP contribution is -2.08. The van der Waals surface area contributed by atoms with Gasteiger partial charge in [0.25, 0.3) is 0 Å². The van der Waals surface area contributed by atoms with E-state index < -0.39 is 0 Å². The van der Waals surface area contributed by atoms with E-state index in [4.69, 9.17) is 10.5 Å². The predicted octanol–water partition coefficient (Wildman–Crippen LogP) is 3.77. The number of anilines is 1. The van der Waals surface area contributed by atoms with Crippen molar-refractivity contribution in [2.45, 2.75) is 27.4 Å². The van der Waals surface area contributed by atoms with Crippen LogP contribution >= 0.6 is 27.3 Å². The molecule has 0 bridgehead atoms. The van der Waals surface area contributed by atoms with Gasteiger partial charge in [-0.25, -0.2) is 9.78 Å². The molecule has 0 spiro atoms. The highest BCUT2D eigenvalue weighted by Crippen LogP contribution is 2.24. The second kappa shape index (κ2) is 5.93. The Morgan fingerprint density at radius 1 is 1.40 bits per heavy atom. The number of thiazole rings is 1. The normalized spacial score (nSPS) is 10.6. The summed E-state index contributed by atoms with van der Waals surface area (Å²) in [5.74, 6) is -0.388. The SMILES string of the molecule is Cc1nc(COC(=O)c2cc(Br)cc(N)c2C)sc1C. The number of benzene rings is 1. The maximum atomic E-state index is 12.1. The monoisotopic (exact) mass is 354 g/mol. The van der Waals surface area contributed by atoms with Crippen LogP contribution in [-0.2, 0) is 11.3 Å². The molecular weight excluding hydrogens is 340 g/mol. The average molecular weight is 355 g/mol. The molecule has 0 radical (unpaired) electrons. The maximum Gasteiger partial charge on any atom is 0.338 e. The number of nitrogen functional groups attached to an aromatic ring is 1. The molecule has 2 rings (SSSR count). The van der Waals surface area contributed by atoms with Gasteiger partial charge in [-0.2, -0.15) is 0 Å². The van der Waals surface area contributed by atoms with Crippen LogP contribution in [0.5, 0.6) is 0 Å². The molecular formula is C14H15BrN2O2S. The molecule has 2 aromatic rings. The van der Waals surface area contributed by atoms with Gasteiger partial charge in [-0.3, -0.25) is 0 Å². The zero-order chi connectivity index (χ0) is 14.9. The van der Waals surface area contributed by atoms with Gasteiger partial charge in [-0.1, -0.05) is 15.9 Å². The second-order valence-corrected chi connectivity index (χ2v) is 6.70. The van der Waals surface area contributed by atoms with Crippen LogP contribution in [0.2, 0.25) is 0 Å². The highest BCUT2D eigenvalue weighted by molar-refractivity contribution is 9.10. The maximum absolute atomic E-state index is 12.1. The van der Waals surface area contributed by atoms with E-state index in [1.165, 1.54) is 11.3 Å². The van der Waals surface area contributed by atoms with Gasteiger partial charge in [0.2, 0.25) is 0 Å². The summed E-state index contributed by atoms with van der Waals surface area (Å²) in [5.41, 5.74) is 8.58. The van der Waals surface area contributed by atoms with Gasteiger partial charge < -0.3 is 10.5 Å². The molecule has 0 aliphatic rings. The van der Waals surface area contributed by atoms with E-state index >= 15 is 0 Å². The van der Waals surface area contributed by atoms with Gasteiger partial charge in [0.05, 0.1) is 11.3 Å². The predicted molar refractivity (Wildman–Crippen MR) is 84.0 cm³/mol. The van der Waals surface area contributed by atoms with Crippen LogP contribution in [0.1, 0.15) is 31.5 Å². The van der Waals surface area contributed by atoms with Crippen LogP contribution in [0.15, 0.2) is 16.6 Å². The van der Waals surface area contributed by atoms with E-state index in [2.05, 4.69) is 20.9 Å². The Bertz CT molecular complexity index is 648. The number of hydrogen-bond donors (Lipinski definition) is 1. The lowest BCUT2D eigenvalue weighted by Gasteiger charge is -2.09. The molecule has 6 heteroatoms. The number of nitrogens with zero attached hydrogens (tertiary/aromatic N) is 1. The molecule has 2 N–H and O–H groups in total. The molecule has 1 aromatic heterocycles. The number of rotatable bonds is 3. The molecule has 4 nitrogen and oxygen atoms in total. The average Bonchev–Trinajstić information content (AvgIpc) is 2.70. The third-order valence-electron chi connectivity index (χ3n) is 3.03. The van der Waals surface area contributed by atoms with Gasteiger partial charge in [0.15, 0.2) is 0 Å². The van der Waals surface area contributed by atoms with E-state index in [9.17, 15) is 4.79 Å². The zero-order valence-corrected chi connectivity index (χ0v) is 13.9. The van der Waals surface area contributed by atoms with Crippen molar-refractivity contribution >= 4 is 38.9 Å². The summed E-state index contributed by atoms with van der Waals surface area (Å²) in [6.45, 7) is 5.92. The van der Waals surface area contributed by atoms with Crippen LogP contribution in [0, 0.1) is 20.8 Å². The number of esters is 1. The number of ether oxygens (including phenoxy) is 1. The molecule has 20 heavy (non-hydrogen) atoms.